The molecule has 1 heterocycles. The van der Waals surface area contributed by atoms with Crippen LogP contribution < -0.4 is 5.32 Å². The Labute approximate surface area is 104 Å². The second kappa shape index (κ2) is 5.19. The summed E-state index contributed by atoms with van der Waals surface area (Å²) >= 11 is 0. The molecule has 2 rings (SSSR count). The highest BCUT2D eigenvalue weighted by atomic mass is 16.5. The molecule has 0 bridgehead atoms. The van der Waals surface area contributed by atoms with Crippen molar-refractivity contribution in [1.29, 1.82) is 0 Å². The van der Waals surface area contributed by atoms with E-state index >= 15 is 0 Å². The van der Waals surface area contributed by atoms with Crippen molar-refractivity contribution >= 4 is 0 Å². The minimum Gasteiger partial charge on any atom is -0.380 e. The van der Waals surface area contributed by atoms with E-state index in [1.54, 1.807) is 0 Å². The Morgan fingerprint density at radius 2 is 2.18 bits per heavy atom. The monoisotopic (exact) mass is 233 g/mol. The molecule has 1 aliphatic heterocycles. The molecule has 2 heteroatoms. The summed E-state index contributed by atoms with van der Waals surface area (Å²) in [7, 11) is 0. The minimum atomic E-state index is 0.147. The molecule has 0 aliphatic carbocycles. The van der Waals surface area contributed by atoms with Gasteiger partial charge in [-0.15, -0.1) is 0 Å². The molecule has 1 aromatic carbocycles. The minimum absolute atomic E-state index is 0.147. The molecule has 0 spiro atoms. The van der Waals surface area contributed by atoms with E-state index in [0.29, 0.717) is 0 Å². The van der Waals surface area contributed by atoms with E-state index in [9.17, 15) is 0 Å². The lowest BCUT2D eigenvalue weighted by atomic mass is 9.94. The van der Waals surface area contributed by atoms with Gasteiger partial charge in [0.2, 0.25) is 0 Å². The van der Waals surface area contributed by atoms with E-state index in [-0.39, 0.29) is 5.54 Å². The SMILES string of the molecule is Cc1cccc(CNC2(C)CCCOC2)c1C. The Morgan fingerprint density at radius 1 is 1.35 bits per heavy atom. The fourth-order valence-electron chi connectivity index (χ4n) is 2.39. The molecule has 0 aromatic heterocycles. The predicted octanol–water partition coefficient (Wildman–Crippen LogP) is 2.96. The highest BCUT2D eigenvalue weighted by Crippen LogP contribution is 2.20. The van der Waals surface area contributed by atoms with Gasteiger partial charge in [0.05, 0.1) is 6.61 Å². The molecule has 0 saturated carbocycles. The first-order valence-corrected chi connectivity index (χ1v) is 6.49. The fraction of sp³-hybridized carbons (Fsp3) is 0.600. The van der Waals surface area contributed by atoms with Crippen molar-refractivity contribution < 1.29 is 4.74 Å². The van der Waals surface area contributed by atoms with E-state index in [2.05, 4.69) is 44.3 Å². The lowest BCUT2D eigenvalue weighted by molar-refractivity contribution is 0.0277. The van der Waals surface area contributed by atoms with Gasteiger partial charge >= 0.3 is 0 Å². The van der Waals surface area contributed by atoms with Crippen molar-refractivity contribution in [1.82, 2.24) is 5.32 Å². The zero-order valence-corrected chi connectivity index (χ0v) is 11.2. The second-order valence-corrected chi connectivity index (χ2v) is 5.43. The first-order chi connectivity index (χ1) is 8.11. The molecule has 1 aliphatic rings. The lowest BCUT2D eigenvalue weighted by Gasteiger charge is -2.34. The Balaban J connectivity index is 1.99. The standard InChI is InChI=1S/C15H23NO/c1-12-6-4-7-14(13(12)2)10-16-15(3)8-5-9-17-11-15/h4,6-7,16H,5,8-11H2,1-3H3. The molecule has 1 fully saturated rings. The number of ether oxygens (including phenoxy) is 1. The van der Waals surface area contributed by atoms with Gasteiger partial charge in [0.1, 0.15) is 0 Å². The van der Waals surface area contributed by atoms with Crippen LogP contribution in [0.5, 0.6) is 0 Å². The number of hydrogen-bond acceptors (Lipinski definition) is 2. The van der Waals surface area contributed by atoms with E-state index < -0.39 is 0 Å². The molecule has 1 unspecified atom stereocenters. The average Bonchev–Trinajstić information content (AvgIpc) is 2.32. The molecule has 2 nitrogen and oxygen atoms in total. The van der Waals surface area contributed by atoms with Crippen LogP contribution in [0.4, 0.5) is 0 Å². The Morgan fingerprint density at radius 3 is 2.88 bits per heavy atom. The summed E-state index contributed by atoms with van der Waals surface area (Å²) in [5, 5.41) is 3.66. The molecule has 94 valence electrons. The highest BCUT2D eigenvalue weighted by Gasteiger charge is 2.26. The number of rotatable bonds is 3. The normalized spacial score (nSPS) is 24.9. The van der Waals surface area contributed by atoms with Crippen LogP contribution in [-0.4, -0.2) is 18.8 Å². The van der Waals surface area contributed by atoms with Crippen LogP contribution in [0.3, 0.4) is 0 Å². The van der Waals surface area contributed by atoms with Crippen LogP contribution in [0.1, 0.15) is 36.5 Å². The van der Waals surface area contributed by atoms with Gasteiger partial charge in [-0.25, -0.2) is 0 Å². The number of nitrogens with one attached hydrogen (secondary N) is 1. The van der Waals surface area contributed by atoms with Gasteiger partial charge in [-0.1, -0.05) is 18.2 Å². The summed E-state index contributed by atoms with van der Waals surface area (Å²) in [4.78, 5) is 0. The molecular formula is C15H23NO. The van der Waals surface area contributed by atoms with Crippen LogP contribution in [0.2, 0.25) is 0 Å². The van der Waals surface area contributed by atoms with Crippen LogP contribution >= 0.6 is 0 Å². The van der Waals surface area contributed by atoms with Gasteiger partial charge in [0.25, 0.3) is 0 Å². The maximum atomic E-state index is 5.56. The van der Waals surface area contributed by atoms with Crippen LogP contribution in [-0.2, 0) is 11.3 Å². The van der Waals surface area contributed by atoms with Gasteiger partial charge in [0.15, 0.2) is 0 Å². The maximum Gasteiger partial charge on any atom is 0.0645 e. The van der Waals surface area contributed by atoms with E-state index in [0.717, 1.165) is 26.2 Å². The first kappa shape index (κ1) is 12.6. The molecule has 1 N–H and O–H groups in total. The summed E-state index contributed by atoms with van der Waals surface area (Å²) in [6.07, 6.45) is 2.37. The van der Waals surface area contributed by atoms with Crippen molar-refractivity contribution in [3.63, 3.8) is 0 Å². The topological polar surface area (TPSA) is 21.3 Å². The summed E-state index contributed by atoms with van der Waals surface area (Å²) in [5.74, 6) is 0. The predicted molar refractivity (Wildman–Crippen MR) is 71.2 cm³/mol. The summed E-state index contributed by atoms with van der Waals surface area (Å²) in [6.45, 7) is 9.32. The van der Waals surface area contributed by atoms with E-state index in [1.807, 2.05) is 0 Å². The zero-order chi connectivity index (χ0) is 12.3. The largest absolute Gasteiger partial charge is 0.380 e. The van der Waals surface area contributed by atoms with Gasteiger partial charge in [-0.05, 0) is 50.3 Å². The number of hydrogen-bond donors (Lipinski definition) is 1. The third-order valence-corrected chi connectivity index (χ3v) is 3.86. The molecular weight excluding hydrogens is 210 g/mol. The van der Waals surface area contributed by atoms with E-state index in [4.69, 9.17) is 4.74 Å². The lowest BCUT2D eigenvalue weighted by Crippen LogP contribution is -2.48. The molecule has 0 amide bonds. The van der Waals surface area contributed by atoms with Crippen LogP contribution in [0.15, 0.2) is 18.2 Å². The van der Waals surface area contributed by atoms with Crippen LogP contribution in [0, 0.1) is 13.8 Å². The molecule has 1 saturated heterocycles. The molecule has 17 heavy (non-hydrogen) atoms. The van der Waals surface area contributed by atoms with E-state index in [1.165, 1.54) is 23.1 Å². The smallest absolute Gasteiger partial charge is 0.0645 e. The third kappa shape index (κ3) is 3.08. The second-order valence-electron chi connectivity index (χ2n) is 5.43. The summed E-state index contributed by atoms with van der Waals surface area (Å²) in [5.41, 5.74) is 4.32. The zero-order valence-electron chi connectivity index (χ0n) is 11.2. The summed E-state index contributed by atoms with van der Waals surface area (Å²) in [6, 6.07) is 6.52. The Kier molecular flexibility index (Phi) is 3.85. The summed E-state index contributed by atoms with van der Waals surface area (Å²) < 4.78 is 5.56. The van der Waals surface area contributed by atoms with Gasteiger partial charge < -0.3 is 10.1 Å². The molecule has 1 aromatic rings. The van der Waals surface area contributed by atoms with Crippen molar-refractivity contribution in [2.45, 2.75) is 45.7 Å². The van der Waals surface area contributed by atoms with Gasteiger partial charge in [0, 0.05) is 18.7 Å². The fourth-order valence-corrected chi connectivity index (χ4v) is 2.39. The quantitative estimate of drug-likeness (QED) is 0.866. The number of aryl methyl sites for hydroxylation is 1. The Bertz CT molecular complexity index is 381. The van der Waals surface area contributed by atoms with Crippen molar-refractivity contribution in [2.75, 3.05) is 13.2 Å². The van der Waals surface area contributed by atoms with Crippen molar-refractivity contribution in [3.8, 4) is 0 Å². The third-order valence-electron chi connectivity index (χ3n) is 3.86. The van der Waals surface area contributed by atoms with Crippen molar-refractivity contribution in [2.24, 2.45) is 0 Å². The molecule has 0 radical (unpaired) electrons. The maximum absolute atomic E-state index is 5.56. The van der Waals surface area contributed by atoms with Crippen LogP contribution in [0.25, 0.3) is 0 Å². The van der Waals surface area contributed by atoms with Gasteiger partial charge in [-0.3, -0.25) is 0 Å². The Hall–Kier alpha value is -0.860. The highest BCUT2D eigenvalue weighted by molar-refractivity contribution is 5.33. The van der Waals surface area contributed by atoms with Gasteiger partial charge in [-0.2, -0.15) is 0 Å². The van der Waals surface area contributed by atoms with Crippen molar-refractivity contribution in [3.05, 3.63) is 34.9 Å². The first-order valence-electron chi connectivity index (χ1n) is 6.49. The average molecular weight is 233 g/mol. The number of benzene rings is 1. The molecule has 1 atom stereocenters.